The number of aromatic hydroxyl groups is 1. The fourth-order valence-corrected chi connectivity index (χ4v) is 3.04. The number of rotatable bonds is 4. The molecule has 0 spiro atoms. The van der Waals surface area contributed by atoms with E-state index in [1.165, 1.54) is 12.3 Å². The van der Waals surface area contributed by atoms with Gasteiger partial charge in [0.05, 0.1) is 6.54 Å². The Bertz CT molecular complexity index is 924. The summed E-state index contributed by atoms with van der Waals surface area (Å²) in [6, 6.07) is 6.98. The zero-order chi connectivity index (χ0) is 17.9. The van der Waals surface area contributed by atoms with Gasteiger partial charge < -0.3 is 14.4 Å². The molecule has 0 aliphatic carbocycles. The first-order valence-corrected chi connectivity index (χ1v) is 8.50. The van der Waals surface area contributed by atoms with Crippen LogP contribution in [0.25, 0.3) is 0 Å². The zero-order valence-corrected chi connectivity index (χ0v) is 14.1. The van der Waals surface area contributed by atoms with Crippen LogP contribution in [-0.2, 0) is 25.8 Å². The lowest BCUT2D eigenvalue weighted by Gasteiger charge is -2.25. The van der Waals surface area contributed by atoms with Gasteiger partial charge in [0, 0.05) is 38.0 Å². The molecule has 3 aromatic heterocycles. The van der Waals surface area contributed by atoms with E-state index >= 15 is 0 Å². The lowest BCUT2D eigenvalue weighted by Crippen LogP contribution is -2.36. The molecule has 132 valence electrons. The minimum Gasteiger partial charge on any atom is -0.505 e. The molecule has 4 rings (SSSR count). The summed E-state index contributed by atoms with van der Waals surface area (Å²) in [5, 5.41) is 9.84. The van der Waals surface area contributed by atoms with Crippen molar-refractivity contribution in [2.75, 3.05) is 6.54 Å². The van der Waals surface area contributed by atoms with Crippen LogP contribution in [0, 0.1) is 0 Å². The van der Waals surface area contributed by atoms with Crippen molar-refractivity contribution in [3.8, 4) is 5.75 Å². The highest BCUT2D eigenvalue weighted by molar-refractivity contribution is 5.94. The average Bonchev–Trinajstić information content (AvgIpc) is 3.09. The van der Waals surface area contributed by atoms with Crippen molar-refractivity contribution in [2.45, 2.75) is 25.8 Å². The summed E-state index contributed by atoms with van der Waals surface area (Å²) in [5.74, 6) is 1.10. The van der Waals surface area contributed by atoms with E-state index in [0.29, 0.717) is 31.8 Å². The number of aryl methyl sites for hydroxylation is 2. The summed E-state index contributed by atoms with van der Waals surface area (Å²) in [5.41, 5.74) is 1.98. The predicted molar refractivity (Wildman–Crippen MR) is 92.5 cm³/mol. The maximum Gasteiger partial charge on any atom is 0.276 e. The highest BCUT2D eigenvalue weighted by Gasteiger charge is 2.28. The number of fused-ring (bicyclic) bond motifs is 1. The molecule has 7 heteroatoms. The minimum absolute atomic E-state index is 0.0660. The molecule has 1 amide bonds. The Labute approximate surface area is 150 Å². The number of hydrogen-bond acceptors (Lipinski definition) is 6. The molecule has 26 heavy (non-hydrogen) atoms. The van der Waals surface area contributed by atoms with Gasteiger partial charge in [-0.3, -0.25) is 9.78 Å². The van der Waals surface area contributed by atoms with Crippen molar-refractivity contribution in [1.29, 1.82) is 0 Å². The second-order valence-electron chi connectivity index (χ2n) is 6.19. The van der Waals surface area contributed by atoms with Gasteiger partial charge in [0.15, 0.2) is 11.6 Å². The molecule has 1 N–H and O–H groups in total. The van der Waals surface area contributed by atoms with Crippen molar-refractivity contribution in [2.24, 2.45) is 0 Å². The molecular weight excluding hydrogens is 332 g/mol. The second-order valence-corrected chi connectivity index (χ2v) is 6.19. The summed E-state index contributed by atoms with van der Waals surface area (Å²) in [4.78, 5) is 26.9. The van der Waals surface area contributed by atoms with Gasteiger partial charge in [-0.05, 0) is 30.2 Å². The van der Waals surface area contributed by atoms with Gasteiger partial charge in [0.1, 0.15) is 17.2 Å². The van der Waals surface area contributed by atoms with Crippen LogP contribution < -0.4 is 0 Å². The van der Waals surface area contributed by atoms with Gasteiger partial charge >= 0.3 is 0 Å². The number of amides is 1. The quantitative estimate of drug-likeness (QED) is 0.775. The van der Waals surface area contributed by atoms with Crippen molar-refractivity contribution in [3.05, 3.63) is 71.5 Å². The number of pyridine rings is 2. The molecule has 0 saturated heterocycles. The third-order valence-electron chi connectivity index (χ3n) is 4.40. The first-order chi connectivity index (χ1) is 12.7. The van der Waals surface area contributed by atoms with Gasteiger partial charge in [-0.1, -0.05) is 6.07 Å². The number of carbonyl (C=O) groups is 1. The van der Waals surface area contributed by atoms with Crippen molar-refractivity contribution < 1.29 is 14.3 Å². The first kappa shape index (κ1) is 16.3. The Balaban J connectivity index is 1.45. The van der Waals surface area contributed by atoms with Crippen molar-refractivity contribution in [1.82, 2.24) is 19.9 Å². The van der Waals surface area contributed by atoms with Gasteiger partial charge in [-0.25, -0.2) is 9.97 Å². The Morgan fingerprint density at radius 1 is 1.23 bits per heavy atom. The number of nitrogens with zero attached hydrogens (tertiary/aromatic N) is 4. The largest absolute Gasteiger partial charge is 0.505 e. The van der Waals surface area contributed by atoms with Gasteiger partial charge in [0.25, 0.3) is 5.91 Å². The first-order valence-electron chi connectivity index (χ1n) is 8.50. The average molecular weight is 350 g/mol. The van der Waals surface area contributed by atoms with Crippen LogP contribution >= 0.6 is 0 Å². The smallest absolute Gasteiger partial charge is 0.276 e. The number of carbonyl (C=O) groups excluding carboxylic acids is 1. The standard InChI is InChI=1S/C19H18N4O3/c24-15-4-2-9-21-18(15)19(25)23-10-7-16-14(12-23)22-17(26-16)6-5-13-3-1-8-20-11-13/h1-4,8-9,11,24H,5-7,10,12H2. The molecule has 0 atom stereocenters. The molecule has 0 aromatic carbocycles. The van der Waals surface area contributed by atoms with E-state index in [2.05, 4.69) is 15.0 Å². The minimum atomic E-state index is -0.298. The van der Waals surface area contributed by atoms with Crippen LogP contribution in [-0.4, -0.2) is 37.4 Å². The second kappa shape index (κ2) is 6.95. The lowest BCUT2D eigenvalue weighted by molar-refractivity contribution is 0.0718. The molecule has 1 aliphatic rings. The summed E-state index contributed by atoms with van der Waals surface area (Å²) in [6.07, 6.45) is 7.18. The van der Waals surface area contributed by atoms with Gasteiger partial charge in [0.2, 0.25) is 0 Å². The molecule has 7 nitrogen and oxygen atoms in total. The Morgan fingerprint density at radius 2 is 2.12 bits per heavy atom. The third-order valence-corrected chi connectivity index (χ3v) is 4.40. The highest BCUT2D eigenvalue weighted by atomic mass is 16.4. The molecule has 4 heterocycles. The van der Waals surface area contributed by atoms with E-state index in [0.717, 1.165) is 23.4 Å². The Kier molecular flexibility index (Phi) is 4.35. The van der Waals surface area contributed by atoms with Crippen LogP contribution in [0.4, 0.5) is 0 Å². The van der Waals surface area contributed by atoms with E-state index in [1.54, 1.807) is 17.2 Å². The number of hydrogen-bond donors (Lipinski definition) is 1. The number of oxazole rings is 1. The number of aromatic nitrogens is 3. The van der Waals surface area contributed by atoms with Gasteiger partial charge in [-0.2, -0.15) is 0 Å². The van der Waals surface area contributed by atoms with Crippen LogP contribution in [0.2, 0.25) is 0 Å². The summed E-state index contributed by atoms with van der Waals surface area (Å²) in [6.45, 7) is 0.875. The van der Waals surface area contributed by atoms with Crippen LogP contribution in [0.5, 0.6) is 5.75 Å². The van der Waals surface area contributed by atoms with Crippen LogP contribution in [0.3, 0.4) is 0 Å². The molecule has 3 aromatic rings. The summed E-state index contributed by atoms with van der Waals surface area (Å²) >= 11 is 0. The van der Waals surface area contributed by atoms with E-state index in [1.807, 2.05) is 18.3 Å². The van der Waals surface area contributed by atoms with Crippen molar-refractivity contribution >= 4 is 5.91 Å². The maximum atomic E-state index is 12.6. The Hall–Kier alpha value is -3.22. The van der Waals surface area contributed by atoms with Crippen molar-refractivity contribution in [3.63, 3.8) is 0 Å². The normalized spacial score (nSPS) is 13.5. The highest BCUT2D eigenvalue weighted by Crippen LogP contribution is 2.23. The molecule has 0 saturated carbocycles. The molecule has 0 bridgehead atoms. The third kappa shape index (κ3) is 3.28. The maximum absolute atomic E-state index is 12.6. The molecule has 0 fully saturated rings. The van der Waals surface area contributed by atoms with Crippen LogP contribution in [0.1, 0.15) is 33.4 Å². The van der Waals surface area contributed by atoms with E-state index in [4.69, 9.17) is 4.42 Å². The topological polar surface area (TPSA) is 92.3 Å². The predicted octanol–water partition coefficient (Wildman–Crippen LogP) is 2.15. The molecule has 0 radical (unpaired) electrons. The lowest BCUT2D eigenvalue weighted by atomic mass is 10.1. The molecule has 1 aliphatic heterocycles. The Morgan fingerprint density at radius 3 is 2.92 bits per heavy atom. The van der Waals surface area contributed by atoms with E-state index < -0.39 is 0 Å². The summed E-state index contributed by atoms with van der Waals surface area (Å²) in [7, 11) is 0. The van der Waals surface area contributed by atoms with Gasteiger partial charge in [-0.15, -0.1) is 0 Å². The van der Waals surface area contributed by atoms with Crippen LogP contribution in [0.15, 0.2) is 47.3 Å². The van der Waals surface area contributed by atoms with E-state index in [9.17, 15) is 9.90 Å². The van der Waals surface area contributed by atoms with E-state index in [-0.39, 0.29) is 17.4 Å². The monoisotopic (exact) mass is 350 g/mol. The summed E-state index contributed by atoms with van der Waals surface area (Å²) < 4.78 is 5.85. The molecular formula is C19H18N4O3. The fourth-order valence-electron chi connectivity index (χ4n) is 3.04. The SMILES string of the molecule is O=C(c1ncccc1O)N1CCc2oc(CCc3cccnc3)nc2C1. The fraction of sp³-hybridized carbons (Fsp3) is 0.263. The zero-order valence-electron chi connectivity index (χ0n) is 14.1. The molecule has 0 unspecified atom stereocenters.